The molecule has 4 rings (SSSR count). The normalized spacial score (nSPS) is 16.2. The SMILES string of the molecule is O=C(COc1ncnc2sc3c(c12)CCC3)NC(=O)NC1CC1. The minimum Gasteiger partial charge on any atom is -0.467 e. The van der Waals surface area contributed by atoms with Crippen LogP contribution in [-0.2, 0) is 17.6 Å². The number of ether oxygens (including phenoxy) is 1. The first-order valence-electron chi connectivity index (χ1n) is 7.69. The van der Waals surface area contributed by atoms with Gasteiger partial charge in [-0.1, -0.05) is 0 Å². The Hall–Kier alpha value is -2.22. The third-order valence-corrected chi connectivity index (χ3v) is 5.17. The van der Waals surface area contributed by atoms with E-state index in [0.29, 0.717) is 5.88 Å². The third-order valence-electron chi connectivity index (χ3n) is 3.97. The highest BCUT2D eigenvalue weighted by Gasteiger charge is 2.25. The van der Waals surface area contributed by atoms with Crippen LogP contribution in [0.3, 0.4) is 0 Å². The highest BCUT2D eigenvalue weighted by atomic mass is 32.1. The van der Waals surface area contributed by atoms with Gasteiger partial charge < -0.3 is 10.1 Å². The first kappa shape index (κ1) is 14.4. The van der Waals surface area contributed by atoms with Crippen molar-refractivity contribution in [3.8, 4) is 5.88 Å². The number of rotatable bonds is 4. The Labute approximate surface area is 136 Å². The molecule has 2 aliphatic carbocycles. The van der Waals surface area contributed by atoms with E-state index < -0.39 is 11.9 Å². The number of carbonyl (C=O) groups excluding carboxylic acids is 2. The fraction of sp³-hybridized carbons (Fsp3) is 0.467. The van der Waals surface area contributed by atoms with Crippen LogP contribution in [0.4, 0.5) is 4.79 Å². The lowest BCUT2D eigenvalue weighted by atomic mass is 10.2. The molecule has 1 saturated carbocycles. The van der Waals surface area contributed by atoms with Gasteiger partial charge >= 0.3 is 6.03 Å². The van der Waals surface area contributed by atoms with Gasteiger partial charge in [0, 0.05) is 10.9 Å². The summed E-state index contributed by atoms with van der Waals surface area (Å²) >= 11 is 1.66. The van der Waals surface area contributed by atoms with E-state index in [0.717, 1.165) is 42.3 Å². The van der Waals surface area contributed by atoms with Gasteiger partial charge in [-0.3, -0.25) is 10.1 Å². The predicted octanol–water partition coefficient (Wildman–Crippen LogP) is 1.55. The van der Waals surface area contributed by atoms with Gasteiger partial charge in [-0.2, -0.15) is 0 Å². The summed E-state index contributed by atoms with van der Waals surface area (Å²) in [5.74, 6) is -0.0612. The van der Waals surface area contributed by atoms with Crippen molar-refractivity contribution in [2.24, 2.45) is 0 Å². The molecule has 7 nitrogen and oxygen atoms in total. The van der Waals surface area contributed by atoms with Crippen molar-refractivity contribution in [2.75, 3.05) is 6.61 Å². The number of carbonyl (C=O) groups is 2. The fourth-order valence-corrected chi connectivity index (χ4v) is 3.97. The maximum Gasteiger partial charge on any atom is 0.321 e. The molecule has 0 saturated heterocycles. The van der Waals surface area contributed by atoms with E-state index in [9.17, 15) is 9.59 Å². The molecular formula is C15H16N4O3S. The molecule has 0 aliphatic heterocycles. The summed E-state index contributed by atoms with van der Waals surface area (Å²) in [7, 11) is 0. The molecule has 0 aromatic carbocycles. The van der Waals surface area contributed by atoms with Crippen LogP contribution in [-0.4, -0.2) is 34.6 Å². The zero-order valence-corrected chi connectivity index (χ0v) is 13.2. The quantitative estimate of drug-likeness (QED) is 0.886. The molecule has 0 atom stereocenters. The van der Waals surface area contributed by atoms with Crippen LogP contribution in [0.25, 0.3) is 10.2 Å². The molecule has 23 heavy (non-hydrogen) atoms. The smallest absolute Gasteiger partial charge is 0.321 e. The summed E-state index contributed by atoms with van der Waals surface area (Å²) in [5, 5.41) is 5.87. The first-order chi connectivity index (χ1) is 11.2. The maximum atomic E-state index is 11.8. The van der Waals surface area contributed by atoms with Crippen LogP contribution in [0, 0.1) is 0 Å². The number of nitrogens with zero attached hydrogens (tertiary/aromatic N) is 2. The van der Waals surface area contributed by atoms with Crippen molar-refractivity contribution in [2.45, 2.75) is 38.1 Å². The van der Waals surface area contributed by atoms with Crippen LogP contribution in [0.2, 0.25) is 0 Å². The highest BCUT2D eigenvalue weighted by molar-refractivity contribution is 7.18. The van der Waals surface area contributed by atoms with Crippen LogP contribution in [0.1, 0.15) is 29.7 Å². The molecule has 0 radical (unpaired) electrons. The first-order valence-corrected chi connectivity index (χ1v) is 8.51. The molecule has 2 aromatic heterocycles. The van der Waals surface area contributed by atoms with Gasteiger partial charge in [-0.25, -0.2) is 14.8 Å². The summed E-state index contributed by atoms with van der Waals surface area (Å²) in [6.45, 7) is -0.241. The monoisotopic (exact) mass is 332 g/mol. The lowest BCUT2D eigenvalue weighted by Crippen LogP contribution is -2.42. The molecule has 0 spiro atoms. The van der Waals surface area contributed by atoms with E-state index in [2.05, 4.69) is 20.6 Å². The maximum absolute atomic E-state index is 11.8. The van der Waals surface area contributed by atoms with E-state index in [-0.39, 0.29) is 12.6 Å². The van der Waals surface area contributed by atoms with Crippen molar-refractivity contribution in [1.29, 1.82) is 0 Å². The number of aromatic nitrogens is 2. The second-order valence-electron chi connectivity index (χ2n) is 5.80. The number of amides is 3. The molecule has 120 valence electrons. The Kier molecular flexibility index (Phi) is 3.60. The van der Waals surface area contributed by atoms with Gasteiger partial charge in [0.1, 0.15) is 11.2 Å². The number of hydrogen-bond acceptors (Lipinski definition) is 6. The van der Waals surface area contributed by atoms with Crippen molar-refractivity contribution in [3.05, 3.63) is 16.8 Å². The molecule has 0 unspecified atom stereocenters. The van der Waals surface area contributed by atoms with Crippen LogP contribution in [0.5, 0.6) is 5.88 Å². The van der Waals surface area contributed by atoms with E-state index in [1.165, 1.54) is 16.8 Å². The Bertz CT molecular complexity index is 784. The summed E-state index contributed by atoms with van der Waals surface area (Å²) in [6.07, 6.45) is 6.58. The zero-order chi connectivity index (χ0) is 15.8. The van der Waals surface area contributed by atoms with Crippen molar-refractivity contribution < 1.29 is 14.3 Å². The lowest BCUT2D eigenvalue weighted by Gasteiger charge is -2.08. The van der Waals surface area contributed by atoms with Crippen molar-refractivity contribution in [1.82, 2.24) is 20.6 Å². The number of nitrogens with one attached hydrogen (secondary N) is 2. The summed E-state index contributed by atoms with van der Waals surface area (Å²) in [5.41, 5.74) is 1.24. The van der Waals surface area contributed by atoms with Gasteiger partial charge in [0.2, 0.25) is 5.88 Å². The Morgan fingerprint density at radius 1 is 1.30 bits per heavy atom. The summed E-state index contributed by atoms with van der Waals surface area (Å²) < 4.78 is 5.55. The van der Waals surface area contributed by atoms with Crippen LogP contribution >= 0.6 is 11.3 Å². The summed E-state index contributed by atoms with van der Waals surface area (Å²) in [4.78, 5) is 34.0. The average molecular weight is 332 g/mol. The summed E-state index contributed by atoms with van der Waals surface area (Å²) in [6, 6.07) is -0.260. The molecule has 1 fully saturated rings. The number of aryl methyl sites for hydroxylation is 2. The average Bonchev–Trinajstić information content (AvgIpc) is 3.08. The van der Waals surface area contributed by atoms with Crippen LogP contribution < -0.4 is 15.4 Å². The van der Waals surface area contributed by atoms with Gasteiger partial charge in [0.25, 0.3) is 5.91 Å². The van der Waals surface area contributed by atoms with Crippen molar-refractivity contribution >= 4 is 33.5 Å². The van der Waals surface area contributed by atoms with Gasteiger partial charge in [0.05, 0.1) is 5.39 Å². The lowest BCUT2D eigenvalue weighted by molar-refractivity contribution is -0.122. The Balaban J connectivity index is 1.43. The molecule has 8 heteroatoms. The largest absolute Gasteiger partial charge is 0.467 e. The second-order valence-corrected chi connectivity index (χ2v) is 6.88. The molecule has 0 bridgehead atoms. The van der Waals surface area contributed by atoms with E-state index >= 15 is 0 Å². The number of imide groups is 1. The van der Waals surface area contributed by atoms with Crippen LogP contribution in [0.15, 0.2) is 6.33 Å². The highest BCUT2D eigenvalue weighted by Crippen LogP contribution is 2.39. The number of urea groups is 1. The number of fused-ring (bicyclic) bond motifs is 3. The fourth-order valence-electron chi connectivity index (χ4n) is 2.75. The van der Waals surface area contributed by atoms with E-state index in [1.54, 1.807) is 11.3 Å². The van der Waals surface area contributed by atoms with Gasteiger partial charge in [-0.05, 0) is 37.7 Å². The minimum atomic E-state index is -0.484. The van der Waals surface area contributed by atoms with Gasteiger partial charge in [-0.15, -0.1) is 11.3 Å². The topological polar surface area (TPSA) is 93.2 Å². The minimum absolute atomic E-state index is 0.207. The standard InChI is InChI=1S/C15H16N4O3S/c20-11(19-15(21)18-8-4-5-8)6-22-13-12-9-2-1-3-10(9)23-14(12)17-7-16-13/h7-8H,1-6H2,(H2,18,19,20,21). The molecule has 2 aliphatic rings. The van der Waals surface area contributed by atoms with Crippen molar-refractivity contribution in [3.63, 3.8) is 0 Å². The van der Waals surface area contributed by atoms with Gasteiger partial charge in [0.15, 0.2) is 6.61 Å². The predicted molar refractivity (Wildman–Crippen MR) is 84.6 cm³/mol. The number of hydrogen-bond donors (Lipinski definition) is 2. The second kappa shape index (κ2) is 5.77. The van der Waals surface area contributed by atoms with E-state index in [1.807, 2.05) is 0 Å². The Morgan fingerprint density at radius 3 is 3.00 bits per heavy atom. The molecule has 2 N–H and O–H groups in total. The molecule has 2 heterocycles. The zero-order valence-electron chi connectivity index (χ0n) is 12.4. The molecule has 3 amide bonds. The third kappa shape index (κ3) is 2.98. The molecular weight excluding hydrogens is 316 g/mol. The molecule has 2 aromatic rings. The Morgan fingerprint density at radius 2 is 2.17 bits per heavy atom. The van der Waals surface area contributed by atoms with E-state index in [4.69, 9.17) is 4.74 Å². The number of thiophene rings is 1.